The summed E-state index contributed by atoms with van der Waals surface area (Å²) in [7, 11) is 1.60. The SMILES string of the molecule is COc1ccc(-c2cc(=O)oc3cc(O[C@H](C)C(=O)Nc4ccc(CN5CCOCC5)cc4)ccc23)cc1. The van der Waals surface area contributed by atoms with Crippen molar-refractivity contribution in [2.24, 2.45) is 0 Å². The second kappa shape index (κ2) is 11.5. The van der Waals surface area contributed by atoms with E-state index in [0.29, 0.717) is 17.0 Å². The van der Waals surface area contributed by atoms with E-state index in [1.165, 1.54) is 11.6 Å². The molecule has 2 heterocycles. The first kappa shape index (κ1) is 25.5. The molecule has 1 amide bonds. The van der Waals surface area contributed by atoms with Crippen LogP contribution in [0.15, 0.2) is 82.0 Å². The number of carbonyl (C=O) groups excluding carboxylic acids is 1. The third-order valence-electron chi connectivity index (χ3n) is 6.53. The second-order valence-electron chi connectivity index (χ2n) is 9.20. The normalized spacial score (nSPS) is 14.7. The van der Waals surface area contributed by atoms with Gasteiger partial charge in [-0.3, -0.25) is 9.69 Å². The molecule has 1 N–H and O–H groups in total. The molecular formula is C30H30N2O6. The van der Waals surface area contributed by atoms with Gasteiger partial charge < -0.3 is 23.9 Å². The molecule has 0 saturated carbocycles. The van der Waals surface area contributed by atoms with E-state index in [9.17, 15) is 9.59 Å². The molecule has 5 rings (SSSR count). The standard InChI is InChI=1S/C30H30N2O6/c1-20(30(34)31-23-7-3-21(4-8-23)19-32-13-15-36-16-14-32)37-25-11-12-26-27(18-29(33)38-28(26)17-25)22-5-9-24(35-2)10-6-22/h3-12,17-18,20H,13-16,19H2,1-2H3,(H,31,34)/t20-/m1/s1. The van der Waals surface area contributed by atoms with E-state index in [-0.39, 0.29) is 5.91 Å². The number of hydrogen-bond donors (Lipinski definition) is 1. The number of amides is 1. The van der Waals surface area contributed by atoms with E-state index in [0.717, 1.165) is 55.1 Å². The zero-order valence-electron chi connectivity index (χ0n) is 21.4. The van der Waals surface area contributed by atoms with Gasteiger partial charge in [0, 0.05) is 42.8 Å². The van der Waals surface area contributed by atoms with E-state index in [1.807, 2.05) is 54.6 Å². The third-order valence-corrected chi connectivity index (χ3v) is 6.53. The molecule has 0 radical (unpaired) electrons. The summed E-state index contributed by atoms with van der Waals surface area (Å²) in [6.45, 7) is 5.91. The highest BCUT2D eigenvalue weighted by molar-refractivity contribution is 5.95. The summed E-state index contributed by atoms with van der Waals surface area (Å²) in [5.74, 6) is 0.878. The smallest absolute Gasteiger partial charge is 0.336 e. The van der Waals surface area contributed by atoms with Crippen molar-refractivity contribution in [1.29, 1.82) is 0 Å². The number of nitrogens with zero attached hydrogens (tertiary/aromatic N) is 1. The van der Waals surface area contributed by atoms with Crippen LogP contribution in [0.1, 0.15) is 12.5 Å². The summed E-state index contributed by atoms with van der Waals surface area (Å²) in [6.07, 6.45) is -0.767. The molecule has 1 aliphatic rings. The van der Waals surface area contributed by atoms with Crippen molar-refractivity contribution in [2.75, 3.05) is 38.7 Å². The summed E-state index contributed by atoms with van der Waals surface area (Å²) in [4.78, 5) is 27.4. The molecule has 3 aromatic carbocycles. The molecule has 1 fully saturated rings. The van der Waals surface area contributed by atoms with Crippen molar-refractivity contribution in [1.82, 2.24) is 4.90 Å². The van der Waals surface area contributed by atoms with Gasteiger partial charge in [0.05, 0.1) is 20.3 Å². The van der Waals surface area contributed by atoms with Crippen LogP contribution in [0.2, 0.25) is 0 Å². The number of rotatable bonds is 8. The van der Waals surface area contributed by atoms with Crippen LogP contribution in [0, 0.1) is 0 Å². The van der Waals surface area contributed by atoms with Crippen LogP contribution in [0.25, 0.3) is 22.1 Å². The first-order valence-electron chi connectivity index (χ1n) is 12.6. The van der Waals surface area contributed by atoms with E-state index in [2.05, 4.69) is 10.2 Å². The van der Waals surface area contributed by atoms with Crippen molar-refractivity contribution in [3.63, 3.8) is 0 Å². The number of hydrogen-bond acceptors (Lipinski definition) is 7. The van der Waals surface area contributed by atoms with Gasteiger partial charge in [-0.15, -0.1) is 0 Å². The molecule has 1 saturated heterocycles. The quantitative estimate of drug-likeness (QED) is 0.341. The Labute approximate surface area is 220 Å². The van der Waals surface area contributed by atoms with E-state index < -0.39 is 11.7 Å². The lowest BCUT2D eigenvalue weighted by Gasteiger charge is -2.26. The Morgan fingerprint density at radius 2 is 1.68 bits per heavy atom. The number of carbonyl (C=O) groups is 1. The summed E-state index contributed by atoms with van der Waals surface area (Å²) < 4.78 is 22.0. The summed E-state index contributed by atoms with van der Waals surface area (Å²) in [5.41, 5.74) is 3.40. The van der Waals surface area contributed by atoms with Gasteiger partial charge >= 0.3 is 5.63 Å². The number of methoxy groups -OCH3 is 1. The monoisotopic (exact) mass is 514 g/mol. The summed E-state index contributed by atoms with van der Waals surface area (Å²) >= 11 is 0. The highest BCUT2D eigenvalue weighted by Gasteiger charge is 2.17. The molecule has 4 aromatic rings. The first-order chi connectivity index (χ1) is 18.5. The van der Waals surface area contributed by atoms with Crippen molar-refractivity contribution < 1.29 is 23.4 Å². The van der Waals surface area contributed by atoms with E-state index >= 15 is 0 Å². The molecule has 0 spiro atoms. The molecule has 8 nitrogen and oxygen atoms in total. The minimum absolute atomic E-state index is 0.278. The number of morpholine rings is 1. The number of fused-ring (bicyclic) bond motifs is 1. The van der Waals surface area contributed by atoms with Crippen molar-refractivity contribution in [3.05, 3.63) is 88.8 Å². The molecule has 0 aliphatic carbocycles. The van der Waals surface area contributed by atoms with Gasteiger partial charge in [0.2, 0.25) is 0 Å². The van der Waals surface area contributed by atoms with Crippen molar-refractivity contribution in [3.8, 4) is 22.6 Å². The predicted octanol–water partition coefficient (Wildman–Crippen LogP) is 4.71. The average molecular weight is 515 g/mol. The fourth-order valence-electron chi connectivity index (χ4n) is 4.44. The third kappa shape index (κ3) is 6.04. The minimum atomic E-state index is -0.767. The van der Waals surface area contributed by atoms with Crippen LogP contribution in [-0.4, -0.2) is 50.3 Å². The molecule has 196 valence electrons. The molecule has 1 aromatic heterocycles. The van der Waals surface area contributed by atoms with Crippen molar-refractivity contribution >= 4 is 22.6 Å². The Kier molecular flexibility index (Phi) is 7.72. The molecular weight excluding hydrogens is 484 g/mol. The molecule has 0 bridgehead atoms. The maximum Gasteiger partial charge on any atom is 0.336 e. The zero-order valence-corrected chi connectivity index (χ0v) is 21.4. The Hall–Kier alpha value is -4.14. The fourth-order valence-corrected chi connectivity index (χ4v) is 4.44. The highest BCUT2D eigenvalue weighted by atomic mass is 16.5. The Bertz CT molecular complexity index is 1460. The van der Waals surface area contributed by atoms with Gasteiger partial charge in [0.1, 0.15) is 17.1 Å². The maximum atomic E-state index is 12.8. The maximum absolute atomic E-state index is 12.8. The van der Waals surface area contributed by atoms with Crippen LogP contribution in [-0.2, 0) is 16.1 Å². The van der Waals surface area contributed by atoms with E-state index in [1.54, 1.807) is 26.2 Å². The van der Waals surface area contributed by atoms with Gasteiger partial charge in [-0.2, -0.15) is 0 Å². The lowest BCUT2D eigenvalue weighted by Crippen LogP contribution is -2.35. The Morgan fingerprint density at radius 3 is 2.39 bits per heavy atom. The first-order valence-corrected chi connectivity index (χ1v) is 12.6. The Morgan fingerprint density at radius 1 is 0.974 bits per heavy atom. The van der Waals surface area contributed by atoms with Gasteiger partial charge in [-0.25, -0.2) is 4.79 Å². The molecule has 0 unspecified atom stereocenters. The van der Waals surface area contributed by atoms with Gasteiger partial charge in [0.25, 0.3) is 5.91 Å². The molecule has 8 heteroatoms. The number of nitrogens with one attached hydrogen (secondary N) is 1. The van der Waals surface area contributed by atoms with Crippen LogP contribution >= 0.6 is 0 Å². The van der Waals surface area contributed by atoms with Crippen LogP contribution in [0.5, 0.6) is 11.5 Å². The molecule has 1 atom stereocenters. The van der Waals surface area contributed by atoms with Gasteiger partial charge in [-0.05, 0) is 60.0 Å². The largest absolute Gasteiger partial charge is 0.497 e. The summed E-state index contributed by atoms with van der Waals surface area (Å²) in [5, 5.41) is 3.66. The summed E-state index contributed by atoms with van der Waals surface area (Å²) in [6, 6.07) is 22.0. The number of benzene rings is 3. The number of anilines is 1. The highest BCUT2D eigenvalue weighted by Crippen LogP contribution is 2.31. The zero-order chi connectivity index (χ0) is 26.5. The van der Waals surface area contributed by atoms with Gasteiger partial charge in [-0.1, -0.05) is 24.3 Å². The topological polar surface area (TPSA) is 90.2 Å². The number of ether oxygens (including phenoxy) is 3. The van der Waals surface area contributed by atoms with Crippen molar-refractivity contribution in [2.45, 2.75) is 19.6 Å². The lowest BCUT2D eigenvalue weighted by molar-refractivity contribution is -0.122. The molecule has 38 heavy (non-hydrogen) atoms. The lowest BCUT2D eigenvalue weighted by atomic mass is 10.0. The van der Waals surface area contributed by atoms with Crippen LogP contribution in [0.3, 0.4) is 0 Å². The van der Waals surface area contributed by atoms with Crippen LogP contribution in [0.4, 0.5) is 5.69 Å². The molecule has 1 aliphatic heterocycles. The van der Waals surface area contributed by atoms with Crippen LogP contribution < -0.4 is 20.4 Å². The second-order valence-corrected chi connectivity index (χ2v) is 9.20. The Balaban J connectivity index is 1.25. The fraction of sp³-hybridized carbons (Fsp3) is 0.267. The van der Waals surface area contributed by atoms with E-state index in [4.69, 9.17) is 18.6 Å². The average Bonchev–Trinajstić information content (AvgIpc) is 2.94. The minimum Gasteiger partial charge on any atom is -0.497 e. The van der Waals surface area contributed by atoms with Gasteiger partial charge in [0.15, 0.2) is 6.10 Å². The predicted molar refractivity (Wildman–Crippen MR) is 146 cm³/mol.